The molecular weight excluding hydrogens is 556 g/mol. The van der Waals surface area contributed by atoms with Gasteiger partial charge in [0, 0.05) is 42.9 Å². The molecule has 1 unspecified atom stereocenters. The maximum atomic E-state index is 13.2. The zero-order valence-electron chi connectivity index (χ0n) is 23.7. The first-order valence-corrected chi connectivity index (χ1v) is 15.2. The number of carbonyl (C=O) groups excluding carboxylic acids is 2. The Bertz CT molecular complexity index is 1130. The highest BCUT2D eigenvalue weighted by Gasteiger charge is 2.37. The highest BCUT2D eigenvalue weighted by Crippen LogP contribution is 2.38. The molecule has 0 spiro atoms. The Morgan fingerprint density at radius 2 is 1.82 bits per heavy atom. The zero-order chi connectivity index (χ0) is 27.9. The van der Waals surface area contributed by atoms with Gasteiger partial charge in [0.1, 0.15) is 7.11 Å². The molecule has 3 heterocycles. The summed E-state index contributed by atoms with van der Waals surface area (Å²) in [6.07, 6.45) is 18.4. The summed E-state index contributed by atoms with van der Waals surface area (Å²) in [6, 6.07) is 1.89. The van der Waals surface area contributed by atoms with Crippen LogP contribution in [0.25, 0.3) is 0 Å². The van der Waals surface area contributed by atoms with Crippen molar-refractivity contribution in [3.05, 3.63) is 63.4 Å². The zero-order valence-corrected chi connectivity index (χ0v) is 25.3. The van der Waals surface area contributed by atoms with Crippen LogP contribution in [0, 0.1) is 11.8 Å². The van der Waals surface area contributed by atoms with Gasteiger partial charge in [-0.3, -0.25) is 9.63 Å². The maximum Gasteiger partial charge on any atom is 0.314 e. The fourth-order valence-electron chi connectivity index (χ4n) is 6.51. The van der Waals surface area contributed by atoms with Gasteiger partial charge in [-0.15, -0.1) is 0 Å². The van der Waals surface area contributed by atoms with Crippen LogP contribution in [0.5, 0.6) is 0 Å². The fraction of sp³-hybridized carbons (Fsp3) is 0.581. The van der Waals surface area contributed by atoms with E-state index in [4.69, 9.17) is 10.6 Å². The number of aryl methyl sites for hydroxylation is 1. The molecule has 0 aromatic carbocycles. The van der Waals surface area contributed by atoms with Crippen LogP contribution in [0.3, 0.4) is 0 Å². The van der Waals surface area contributed by atoms with Crippen molar-refractivity contribution < 1.29 is 19.2 Å². The van der Waals surface area contributed by atoms with Crippen LogP contribution in [0.4, 0.5) is 4.79 Å². The monoisotopic (exact) mass is 599 g/mol. The molecule has 2 N–H and O–H groups in total. The first kappa shape index (κ1) is 29.4. The van der Waals surface area contributed by atoms with Crippen LogP contribution < -0.4 is 15.3 Å². The van der Waals surface area contributed by atoms with Crippen molar-refractivity contribution in [1.82, 2.24) is 9.80 Å². The van der Waals surface area contributed by atoms with Gasteiger partial charge in [-0.2, -0.15) is 0 Å². The maximum absolute atomic E-state index is 13.2. The summed E-state index contributed by atoms with van der Waals surface area (Å²) >= 11 is 3.68. The first-order valence-electron chi connectivity index (χ1n) is 14.4. The van der Waals surface area contributed by atoms with Crippen LogP contribution >= 0.6 is 15.9 Å². The number of carbonyl (C=O) groups is 2. The van der Waals surface area contributed by atoms with Gasteiger partial charge in [-0.1, -0.05) is 35.5 Å². The Labute approximate surface area is 241 Å². The fourth-order valence-corrected chi connectivity index (χ4v) is 6.98. The number of rotatable bonds is 6. The second kappa shape index (κ2) is 13.6. The van der Waals surface area contributed by atoms with E-state index in [1.54, 1.807) is 12.0 Å². The number of aromatic nitrogens is 1. The van der Waals surface area contributed by atoms with E-state index in [2.05, 4.69) is 65.0 Å². The van der Waals surface area contributed by atoms with E-state index in [0.29, 0.717) is 31.3 Å². The van der Waals surface area contributed by atoms with Gasteiger partial charge in [0.05, 0.1) is 10.4 Å². The highest BCUT2D eigenvalue weighted by molar-refractivity contribution is 9.10. The predicted octanol–water partition coefficient (Wildman–Crippen LogP) is 5.08. The Hall–Kier alpha value is -2.61. The molecule has 2 fully saturated rings. The third kappa shape index (κ3) is 7.53. The number of nitrogens with two attached hydrogens (primary N) is 1. The molecule has 0 radical (unpaired) electrons. The van der Waals surface area contributed by atoms with E-state index in [9.17, 15) is 9.59 Å². The minimum atomic E-state index is -0.357. The normalized spacial score (nSPS) is 23.1. The Balaban J connectivity index is 1.51. The largest absolute Gasteiger partial charge is 0.351 e. The second-order valence-corrected chi connectivity index (χ2v) is 12.2. The molecule has 3 aliphatic rings. The van der Waals surface area contributed by atoms with Crippen molar-refractivity contribution in [2.24, 2.45) is 17.6 Å². The van der Waals surface area contributed by atoms with E-state index < -0.39 is 0 Å². The van der Waals surface area contributed by atoms with Gasteiger partial charge in [0.15, 0.2) is 0 Å². The molecule has 4 rings (SSSR count). The first-order chi connectivity index (χ1) is 18.8. The molecule has 3 amide bonds. The number of allylic oxidation sites excluding steroid dienone is 6. The van der Waals surface area contributed by atoms with Crippen LogP contribution in [0.1, 0.15) is 76.0 Å². The van der Waals surface area contributed by atoms with Crippen molar-refractivity contribution in [1.29, 1.82) is 0 Å². The number of piperidine rings is 2. The number of likely N-dealkylation sites (tertiary alicyclic amines) is 2. The minimum Gasteiger partial charge on any atom is -0.351 e. The predicted molar refractivity (Wildman–Crippen MR) is 157 cm³/mol. The molecule has 39 heavy (non-hydrogen) atoms. The van der Waals surface area contributed by atoms with E-state index in [1.807, 2.05) is 10.9 Å². The topological polar surface area (TPSA) is 79.8 Å². The quantitative estimate of drug-likeness (QED) is 0.365. The van der Waals surface area contributed by atoms with Gasteiger partial charge >= 0.3 is 6.03 Å². The van der Waals surface area contributed by atoms with Crippen molar-refractivity contribution in [3.63, 3.8) is 0 Å². The number of hydrogen-bond donors (Lipinski definition) is 1. The molecular formula is C31H44BrN4O3+. The Morgan fingerprint density at radius 1 is 1.13 bits per heavy atom. The number of halogens is 1. The van der Waals surface area contributed by atoms with Gasteiger partial charge < -0.3 is 15.5 Å². The van der Waals surface area contributed by atoms with E-state index in [0.717, 1.165) is 62.5 Å². The van der Waals surface area contributed by atoms with E-state index >= 15 is 0 Å². The standard InChI is InChI=1S/C31H43BrN4O3/c1-4-6-22(2)17-24-7-5-8-26-20-27(32)21-36(39-3)30(26)28(18-24)25-11-15-34(16-12-25)29(37)19-23-9-13-35(14-10-23)31(33)38/h4,6,17-18,20-21,23,25,28H,5,7-16,19H2,1-3H3,(H-,33,38)/p+1/b6-4-,22-17-,24-18+. The van der Waals surface area contributed by atoms with Gasteiger partial charge in [0.2, 0.25) is 17.8 Å². The average Bonchev–Trinajstić information content (AvgIpc) is 2.91. The lowest BCUT2D eigenvalue weighted by Crippen LogP contribution is -2.48. The van der Waals surface area contributed by atoms with Crippen molar-refractivity contribution in [2.75, 3.05) is 33.3 Å². The third-order valence-electron chi connectivity index (χ3n) is 8.57. The van der Waals surface area contributed by atoms with E-state index in [-0.39, 0.29) is 17.9 Å². The van der Waals surface area contributed by atoms with Crippen LogP contribution in [0.2, 0.25) is 0 Å². The number of urea groups is 1. The molecule has 0 saturated carbocycles. The lowest BCUT2D eigenvalue weighted by molar-refractivity contribution is -0.891. The molecule has 2 aliphatic heterocycles. The molecule has 212 valence electrons. The van der Waals surface area contributed by atoms with Crippen LogP contribution in [-0.2, 0) is 11.2 Å². The molecule has 2 saturated heterocycles. The van der Waals surface area contributed by atoms with Gasteiger partial charge in [-0.05, 0) is 92.6 Å². The Morgan fingerprint density at radius 3 is 2.46 bits per heavy atom. The Kier molecular flexibility index (Phi) is 10.3. The summed E-state index contributed by atoms with van der Waals surface area (Å²) in [5.74, 6) is 1.23. The molecule has 1 aromatic heterocycles. The lowest BCUT2D eigenvalue weighted by atomic mass is 9.77. The summed E-state index contributed by atoms with van der Waals surface area (Å²) in [6.45, 7) is 7.11. The molecule has 8 heteroatoms. The molecule has 7 nitrogen and oxygen atoms in total. The van der Waals surface area contributed by atoms with Crippen molar-refractivity contribution >= 4 is 27.9 Å². The highest BCUT2D eigenvalue weighted by atomic mass is 79.9. The van der Waals surface area contributed by atoms with Crippen LogP contribution in [0.15, 0.2) is 52.2 Å². The summed E-state index contributed by atoms with van der Waals surface area (Å²) in [4.78, 5) is 34.2. The van der Waals surface area contributed by atoms with Crippen molar-refractivity contribution in [2.45, 2.75) is 71.1 Å². The number of amides is 3. The van der Waals surface area contributed by atoms with Gasteiger partial charge in [0.25, 0.3) is 0 Å². The minimum absolute atomic E-state index is 0.216. The van der Waals surface area contributed by atoms with Crippen molar-refractivity contribution in [3.8, 4) is 0 Å². The average molecular weight is 601 g/mol. The smallest absolute Gasteiger partial charge is 0.314 e. The summed E-state index contributed by atoms with van der Waals surface area (Å²) in [5, 5.41) is 0. The number of fused-ring (bicyclic) bond motifs is 1. The van der Waals surface area contributed by atoms with E-state index in [1.165, 1.54) is 22.4 Å². The molecule has 0 bridgehead atoms. The molecule has 1 atom stereocenters. The molecule has 1 aliphatic carbocycles. The summed E-state index contributed by atoms with van der Waals surface area (Å²) in [5.41, 5.74) is 10.6. The third-order valence-corrected chi connectivity index (χ3v) is 9.00. The number of primary amides is 1. The van der Waals surface area contributed by atoms with Crippen LogP contribution in [-0.4, -0.2) is 55.0 Å². The second-order valence-electron chi connectivity index (χ2n) is 11.3. The number of hydrogen-bond acceptors (Lipinski definition) is 3. The molecule has 1 aromatic rings. The lowest BCUT2D eigenvalue weighted by Gasteiger charge is -2.36. The number of nitrogens with zero attached hydrogens (tertiary/aromatic N) is 3. The summed E-state index contributed by atoms with van der Waals surface area (Å²) < 4.78 is 2.97. The number of pyridine rings is 1. The SMILES string of the molecule is C\C=C/C(C)=C\C1=C\C(C2CCN(C(=O)CC3CCN(C(N)=O)CC3)CC2)c2c(cc(Br)c[n+]2OC)CCC1. The summed E-state index contributed by atoms with van der Waals surface area (Å²) in [7, 11) is 1.73. The van der Waals surface area contributed by atoms with Gasteiger partial charge in [-0.25, -0.2) is 4.79 Å².